The van der Waals surface area contributed by atoms with Crippen molar-refractivity contribution in [2.24, 2.45) is 0 Å². The molecule has 0 radical (unpaired) electrons. The van der Waals surface area contributed by atoms with Gasteiger partial charge >= 0.3 is 0 Å². The van der Waals surface area contributed by atoms with Crippen LogP contribution in [0.1, 0.15) is 54.2 Å². The van der Waals surface area contributed by atoms with Gasteiger partial charge in [-0.1, -0.05) is 31.0 Å². The van der Waals surface area contributed by atoms with Crippen LogP contribution in [0, 0.1) is 0 Å². The van der Waals surface area contributed by atoms with Gasteiger partial charge in [-0.25, -0.2) is 9.97 Å². The second kappa shape index (κ2) is 8.04. The number of hydrogen-bond donors (Lipinski definition) is 1. The highest BCUT2D eigenvalue weighted by atomic mass is 16.5. The summed E-state index contributed by atoms with van der Waals surface area (Å²) in [4.78, 5) is 9.91. The molecule has 1 aliphatic heterocycles. The summed E-state index contributed by atoms with van der Waals surface area (Å²) in [6, 6.07) is 8.12. The molecule has 1 aromatic heterocycles. The minimum atomic E-state index is 0.510. The fraction of sp³-hybridized carbons (Fsp3) is 0.524. The van der Waals surface area contributed by atoms with Gasteiger partial charge in [0.15, 0.2) is 0 Å². The van der Waals surface area contributed by atoms with E-state index < -0.39 is 0 Å². The Morgan fingerprint density at radius 2 is 1.92 bits per heavy atom. The summed E-state index contributed by atoms with van der Waals surface area (Å²) >= 11 is 0. The predicted octanol–water partition coefficient (Wildman–Crippen LogP) is 3.87. The molecule has 1 N–H and O–H groups in total. The van der Waals surface area contributed by atoms with Crippen LogP contribution in [0.15, 0.2) is 24.3 Å². The summed E-state index contributed by atoms with van der Waals surface area (Å²) in [5.41, 5.74) is 3.52. The van der Waals surface area contributed by atoms with Crippen molar-refractivity contribution in [2.45, 2.75) is 51.0 Å². The maximum atomic E-state index is 5.68. The fourth-order valence-corrected chi connectivity index (χ4v) is 4.00. The molecule has 2 aromatic rings. The van der Waals surface area contributed by atoms with E-state index in [1.165, 1.54) is 36.9 Å². The lowest BCUT2D eigenvalue weighted by molar-refractivity contribution is 0.146. The van der Waals surface area contributed by atoms with Gasteiger partial charge in [-0.2, -0.15) is 0 Å². The number of fused-ring (bicyclic) bond motifs is 1. The van der Waals surface area contributed by atoms with E-state index in [9.17, 15) is 0 Å². The van der Waals surface area contributed by atoms with Crippen LogP contribution >= 0.6 is 0 Å². The number of ether oxygens (including phenoxy) is 2. The molecule has 0 spiro atoms. The smallest absolute Gasteiger partial charge is 0.134 e. The number of benzene rings is 1. The monoisotopic (exact) mass is 353 g/mol. The molecule has 26 heavy (non-hydrogen) atoms. The topological polar surface area (TPSA) is 56.3 Å². The zero-order valence-corrected chi connectivity index (χ0v) is 15.5. The van der Waals surface area contributed by atoms with Gasteiger partial charge in [-0.05, 0) is 18.9 Å². The first-order valence-corrected chi connectivity index (χ1v) is 9.68. The number of methoxy groups -OCH3 is 1. The molecule has 0 unspecified atom stereocenters. The number of nitrogens with one attached hydrogen (secondary N) is 1. The number of anilines is 1. The Bertz CT molecular complexity index is 757. The number of rotatable bonds is 5. The van der Waals surface area contributed by atoms with Crippen molar-refractivity contribution in [3.63, 3.8) is 0 Å². The summed E-state index contributed by atoms with van der Waals surface area (Å²) in [5, 5.41) is 3.57. The predicted molar refractivity (Wildman–Crippen MR) is 102 cm³/mol. The highest BCUT2D eigenvalue weighted by Gasteiger charge is 2.24. The number of nitrogens with zero attached hydrogens (tertiary/aromatic N) is 2. The Balaban J connectivity index is 1.63. The van der Waals surface area contributed by atoms with Gasteiger partial charge in [0.05, 0.1) is 26.0 Å². The Morgan fingerprint density at radius 1 is 1.12 bits per heavy atom. The zero-order valence-electron chi connectivity index (χ0n) is 15.5. The molecule has 1 saturated carbocycles. The van der Waals surface area contributed by atoms with E-state index in [1.807, 2.05) is 18.2 Å². The summed E-state index contributed by atoms with van der Waals surface area (Å²) in [6.45, 7) is 2.18. The molecule has 4 rings (SSSR count). The summed E-state index contributed by atoms with van der Waals surface area (Å²) in [6.07, 6.45) is 6.74. The minimum Gasteiger partial charge on any atom is -0.496 e. The maximum Gasteiger partial charge on any atom is 0.134 e. The lowest BCUT2D eigenvalue weighted by Crippen LogP contribution is -2.13. The van der Waals surface area contributed by atoms with Crippen LogP contribution in [0.3, 0.4) is 0 Å². The third-order valence-electron chi connectivity index (χ3n) is 5.45. The van der Waals surface area contributed by atoms with Gasteiger partial charge in [0.25, 0.3) is 0 Å². The molecule has 5 heteroatoms. The first-order chi connectivity index (χ1) is 12.8. The second-order valence-electron chi connectivity index (χ2n) is 7.11. The van der Waals surface area contributed by atoms with Gasteiger partial charge in [0, 0.05) is 36.4 Å². The molecule has 1 aromatic carbocycles. The van der Waals surface area contributed by atoms with Gasteiger partial charge < -0.3 is 14.8 Å². The number of aromatic nitrogens is 2. The molecule has 0 bridgehead atoms. The van der Waals surface area contributed by atoms with Crippen LogP contribution in [0.2, 0.25) is 0 Å². The van der Waals surface area contributed by atoms with E-state index in [-0.39, 0.29) is 0 Å². The molecule has 2 aliphatic rings. The summed E-state index contributed by atoms with van der Waals surface area (Å²) in [5.74, 6) is 3.41. The average Bonchev–Trinajstić information content (AvgIpc) is 3.11. The van der Waals surface area contributed by atoms with Crippen molar-refractivity contribution in [1.29, 1.82) is 0 Å². The van der Waals surface area contributed by atoms with Crippen molar-refractivity contribution in [3.8, 4) is 5.75 Å². The van der Waals surface area contributed by atoms with Crippen LogP contribution in [-0.4, -0.2) is 30.3 Å². The molecule has 1 aliphatic carbocycles. The summed E-state index contributed by atoms with van der Waals surface area (Å²) in [7, 11) is 1.71. The van der Waals surface area contributed by atoms with Crippen molar-refractivity contribution in [1.82, 2.24) is 9.97 Å². The maximum absolute atomic E-state index is 5.68. The van der Waals surface area contributed by atoms with Crippen molar-refractivity contribution in [3.05, 3.63) is 46.9 Å². The molecule has 0 amide bonds. The zero-order chi connectivity index (χ0) is 17.8. The molecular weight excluding hydrogens is 326 g/mol. The third-order valence-corrected chi connectivity index (χ3v) is 5.45. The SMILES string of the molecule is COc1ccccc1CNc1nc(C2CCCC2)nc2c1CCOCC2. The largest absolute Gasteiger partial charge is 0.496 e. The summed E-state index contributed by atoms with van der Waals surface area (Å²) < 4.78 is 11.2. The van der Waals surface area contributed by atoms with Crippen molar-refractivity contribution < 1.29 is 9.47 Å². The second-order valence-corrected chi connectivity index (χ2v) is 7.11. The van der Waals surface area contributed by atoms with Gasteiger partial charge in [-0.3, -0.25) is 0 Å². The third kappa shape index (κ3) is 3.68. The van der Waals surface area contributed by atoms with Gasteiger partial charge in [0.2, 0.25) is 0 Å². The molecule has 2 heterocycles. The van der Waals surface area contributed by atoms with E-state index >= 15 is 0 Å². The standard InChI is InChI=1S/C21H27N3O2/c1-25-19-9-5-4-8-16(19)14-22-21-17-10-12-26-13-11-18(17)23-20(24-21)15-6-2-3-7-15/h4-5,8-9,15H,2-3,6-7,10-14H2,1H3,(H,22,23,24). The molecule has 0 saturated heterocycles. The first kappa shape index (κ1) is 17.3. The van der Waals surface area contributed by atoms with E-state index in [0.717, 1.165) is 49.0 Å². The average molecular weight is 353 g/mol. The van der Waals surface area contributed by atoms with Crippen LogP contribution in [0.5, 0.6) is 5.75 Å². The lowest BCUT2D eigenvalue weighted by atomic mass is 10.0. The van der Waals surface area contributed by atoms with Gasteiger partial charge in [-0.15, -0.1) is 0 Å². The highest BCUT2D eigenvalue weighted by Crippen LogP contribution is 2.34. The minimum absolute atomic E-state index is 0.510. The molecule has 5 nitrogen and oxygen atoms in total. The van der Waals surface area contributed by atoms with E-state index in [4.69, 9.17) is 19.4 Å². The molecule has 1 fully saturated rings. The van der Waals surface area contributed by atoms with Crippen LogP contribution in [0.4, 0.5) is 5.82 Å². The Kier molecular flexibility index (Phi) is 5.34. The quantitative estimate of drug-likeness (QED) is 0.884. The first-order valence-electron chi connectivity index (χ1n) is 9.68. The molecule has 138 valence electrons. The van der Waals surface area contributed by atoms with E-state index in [1.54, 1.807) is 7.11 Å². The molecule has 0 atom stereocenters. The van der Waals surface area contributed by atoms with E-state index in [2.05, 4.69) is 11.4 Å². The van der Waals surface area contributed by atoms with Crippen LogP contribution in [-0.2, 0) is 24.1 Å². The van der Waals surface area contributed by atoms with Gasteiger partial charge in [0.1, 0.15) is 17.4 Å². The van der Waals surface area contributed by atoms with E-state index in [0.29, 0.717) is 12.5 Å². The Morgan fingerprint density at radius 3 is 2.77 bits per heavy atom. The molecular formula is C21H27N3O2. The van der Waals surface area contributed by atoms with Crippen molar-refractivity contribution >= 4 is 5.82 Å². The highest BCUT2D eigenvalue weighted by molar-refractivity contribution is 5.49. The normalized spacial score (nSPS) is 17.6. The Hall–Kier alpha value is -2.14. The number of hydrogen-bond acceptors (Lipinski definition) is 5. The fourth-order valence-electron chi connectivity index (χ4n) is 4.00. The lowest BCUT2D eigenvalue weighted by Gasteiger charge is -2.17. The van der Waals surface area contributed by atoms with Crippen LogP contribution in [0.25, 0.3) is 0 Å². The number of para-hydroxylation sites is 1. The van der Waals surface area contributed by atoms with Crippen LogP contribution < -0.4 is 10.1 Å². The Labute approximate surface area is 155 Å². The van der Waals surface area contributed by atoms with Crippen molar-refractivity contribution in [2.75, 3.05) is 25.6 Å².